The maximum atomic E-state index is 16.7. The van der Waals surface area contributed by atoms with E-state index in [2.05, 4.69) is 43.1 Å². The monoisotopic (exact) mass is 571 g/mol. The summed E-state index contributed by atoms with van der Waals surface area (Å²) in [6.45, 7) is 5.25. The van der Waals surface area contributed by atoms with Crippen LogP contribution in [0.2, 0.25) is 0 Å². The number of aromatic nitrogens is 4. The molecule has 1 N–H and O–H groups in total. The molecule has 218 valence electrons. The van der Waals surface area contributed by atoms with E-state index in [0.717, 1.165) is 68.1 Å². The molecule has 1 aromatic carbocycles. The Morgan fingerprint density at radius 1 is 1.10 bits per heavy atom. The third-order valence-corrected chi connectivity index (χ3v) is 9.90. The van der Waals surface area contributed by atoms with Gasteiger partial charge in [-0.2, -0.15) is 9.97 Å². The lowest BCUT2D eigenvalue weighted by Gasteiger charge is -2.34. The zero-order valence-electron chi connectivity index (χ0n) is 23.8. The van der Waals surface area contributed by atoms with Crippen molar-refractivity contribution in [2.75, 3.05) is 37.7 Å². The van der Waals surface area contributed by atoms with Crippen LogP contribution in [-0.2, 0) is 6.42 Å². The van der Waals surface area contributed by atoms with Gasteiger partial charge in [0.25, 0.3) is 0 Å². The molecule has 4 aliphatic heterocycles. The Labute approximate surface area is 243 Å². The fourth-order valence-electron chi connectivity index (χ4n) is 7.92. The van der Waals surface area contributed by atoms with Gasteiger partial charge in [-0.25, -0.2) is 8.78 Å². The number of nitrogens with zero attached hydrogens (tertiary/aromatic N) is 6. The van der Waals surface area contributed by atoms with Crippen molar-refractivity contribution >= 4 is 27.5 Å². The Balaban J connectivity index is 1.25. The number of aryl methyl sites for hydroxylation is 1. The van der Waals surface area contributed by atoms with Crippen LogP contribution in [0, 0.1) is 5.82 Å². The highest BCUT2D eigenvalue weighted by atomic mass is 19.1. The largest absolute Gasteiger partial charge is 0.461 e. The molecule has 2 bridgehead atoms. The third-order valence-electron chi connectivity index (χ3n) is 9.90. The topological polar surface area (TPSA) is 79.3 Å². The maximum Gasteiger partial charge on any atom is 0.319 e. The minimum atomic E-state index is -0.855. The molecule has 0 aliphatic carbocycles. The molecule has 8 nitrogen and oxygen atoms in total. The van der Waals surface area contributed by atoms with E-state index in [1.54, 1.807) is 18.6 Å². The van der Waals surface area contributed by atoms with E-state index < -0.39 is 12.0 Å². The van der Waals surface area contributed by atoms with Crippen molar-refractivity contribution < 1.29 is 13.5 Å². The molecule has 4 fully saturated rings. The maximum absolute atomic E-state index is 16.7. The lowest BCUT2D eigenvalue weighted by Crippen LogP contribution is -2.51. The van der Waals surface area contributed by atoms with Gasteiger partial charge in [0.1, 0.15) is 29.8 Å². The molecule has 42 heavy (non-hydrogen) atoms. The van der Waals surface area contributed by atoms with E-state index >= 15 is 4.39 Å². The van der Waals surface area contributed by atoms with Crippen LogP contribution in [0.15, 0.2) is 36.8 Å². The Morgan fingerprint density at radius 2 is 1.95 bits per heavy atom. The molecule has 4 saturated heterocycles. The highest BCUT2D eigenvalue weighted by Crippen LogP contribution is 2.41. The van der Waals surface area contributed by atoms with Gasteiger partial charge >= 0.3 is 6.01 Å². The molecular weight excluding hydrogens is 536 g/mol. The van der Waals surface area contributed by atoms with Crippen molar-refractivity contribution in [3.8, 4) is 17.3 Å². The lowest BCUT2D eigenvalue weighted by molar-refractivity contribution is 0.107. The summed E-state index contributed by atoms with van der Waals surface area (Å²) in [5.41, 5.74) is 1.81. The Morgan fingerprint density at radius 3 is 2.79 bits per heavy atom. The molecule has 4 aromatic rings. The van der Waals surface area contributed by atoms with Gasteiger partial charge in [-0.1, -0.05) is 25.1 Å². The van der Waals surface area contributed by atoms with Crippen LogP contribution < -0.4 is 15.0 Å². The van der Waals surface area contributed by atoms with E-state index in [0.29, 0.717) is 41.8 Å². The van der Waals surface area contributed by atoms with E-state index in [4.69, 9.17) is 9.72 Å². The fourth-order valence-corrected chi connectivity index (χ4v) is 7.92. The highest BCUT2D eigenvalue weighted by molar-refractivity contribution is 6.00. The second-order valence-corrected chi connectivity index (χ2v) is 12.5. The van der Waals surface area contributed by atoms with Crippen molar-refractivity contribution in [1.82, 2.24) is 30.2 Å². The van der Waals surface area contributed by atoms with E-state index in [9.17, 15) is 4.39 Å². The van der Waals surface area contributed by atoms with E-state index in [1.807, 2.05) is 12.1 Å². The molecule has 0 spiro atoms. The number of benzene rings is 1. The van der Waals surface area contributed by atoms with Gasteiger partial charge in [-0.05, 0) is 49.6 Å². The average molecular weight is 572 g/mol. The molecule has 2 unspecified atom stereocenters. The minimum absolute atomic E-state index is 0.133. The van der Waals surface area contributed by atoms with Gasteiger partial charge in [-0.3, -0.25) is 14.9 Å². The van der Waals surface area contributed by atoms with Gasteiger partial charge in [0.15, 0.2) is 5.82 Å². The quantitative estimate of drug-likeness (QED) is 0.353. The van der Waals surface area contributed by atoms with E-state index in [1.165, 1.54) is 0 Å². The number of fused-ring (bicyclic) bond motifs is 5. The SMILES string of the molecule is CCc1cccc2cncc(-c3ncc4c(N5C[C@H]6CC[C@@H](C5)N6)nc(OCC56CCCN5CC(F)C6)nc4c3F)c12. The molecule has 0 radical (unpaired) electrons. The number of alkyl halides is 1. The number of pyridine rings is 2. The first-order valence-corrected chi connectivity index (χ1v) is 15.3. The normalized spacial score (nSPS) is 27.3. The van der Waals surface area contributed by atoms with Crippen LogP contribution in [0.25, 0.3) is 32.9 Å². The van der Waals surface area contributed by atoms with Gasteiger partial charge in [0, 0.05) is 67.7 Å². The molecule has 3 aromatic heterocycles. The molecule has 10 heteroatoms. The molecule has 0 amide bonds. The molecule has 4 atom stereocenters. The summed E-state index contributed by atoms with van der Waals surface area (Å²) in [5.74, 6) is 0.136. The molecular formula is C32H35F2N7O. The second kappa shape index (κ2) is 10.1. The number of nitrogens with one attached hydrogen (secondary N) is 1. The predicted octanol–water partition coefficient (Wildman–Crippen LogP) is 4.84. The van der Waals surface area contributed by atoms with Crippen molar-refractivity contribution in [3.05, 3.63) is 48.2 Å². The fraction of sp³-hybridized carbons (Fsp3) is 0.500. The van der Waals surface area contributed by atoms with Crippen LogP contribution in [0.4, 0.5) is 14.6 Å². The van der Waals surface area contributed by atoms with Crippen LogP contribution in [-0.4, -0.2) is 81.4 Å². The van der Waals surface area contributed by atoms with Gasteiger partial charge < -0.3 is 15.0 Å². The van der Waals surface area contributed by atoms with Gasteiger partial charge in [0.2, 0.25) is 0 Å². The van der Waals surface area contributed by atoms with Crippen molar-refractivity contribution in [3.63, 3.8) is 0 Å². The Hall–Kier alpha value is -3.50. The molecule has 0 saturated carbocycles. The first kappa shape index (κ1) is 26.2. The average Bonchev–Trinajstić information content (AvgIpc) is 3.65. The summed E-state index contributed by atoms with van der Waals surface area (Å²) in [5, 5.41) is 6.12. The summed E-state index contributed by atoms with van der Waals surface area (Å²) in [4.78, 5) is 23.0. The van der Waals surface area contributed by atoms with Gasteiger partial charge in [0.05, 0.1) is 10.9 Å². The number of halogens is 2. The molecule has 8 rings (SSSR count). The number of piperazine rings is 1. The minimum Gasteiger partial charge on any atom is -0.461 e. The smallest absolute Gasteiger partial charge is 0.319 e. The standard InChI is InChI=1S/C32H35F2N7O/c1-2-19-5-3-6-20-12-35-13-24(26(19)20)28-27(34)29-25(14-36-28)30(40-16-22-7-8-23(17-40)37-22)39-31(38-29)42-18-32-9-4-10-41(32)15-21(33)11-32/h3,5-6,12-14,21-23,37H,2,4,7-11,15-18H2,1H3/t21?,22-,23+,32?. The lowest BCUT2D eigenvalue weighted by atomic mass is 9.95. The summed E-state index contributed by atoms with van der Waals surface area (Å²) in [6, 6.07) is 6.93. The first-order valence-electron chi connectivity index (χ1n) is 15.3. The summed E-state index contributed by atoms with van der Waals surface area (Å²) in [6.07, 6.45) is 9.71. The van der Waals surface area contributed by atoms with Crippen LogP contribution in [0.1, 0.15) is 44.6 Å². The van der Waals surface area contributed by atoms with Crippen LogP contribution in [0.5, 0.6) is 6.01 Å². The summed E-state index contributed by atoms with van der Waals surface area (Å²) < 4.78 is 37.4. The number of hydrogen-bond donors (Lipinski definition) is 1. The Bertz CT molecular complexity index is 1670. The number of anilines is 1. The first-order chi connectivity index (χ1) is 20.5. The van der Waals surface area contributed by atoms with Crippen molar-refractivity contribution in [2.24, 2.45) is 0 Å². The zero-order chi connectivity index (χ0) is 28.4. The number of ether oxygens (including phenoxy) is 1. The third kappa shape index (κ3) is 4.21. The Kier molecular flexibility index (Phi) is 6.26. The zero-order valence-corrected chi connectivity index (χ0v) is 23.8. The molecule has 7 heterocycles. The van der Waals surface area contributed by atoms with Crippen molar-refractivity contribution in [1.29, 1.82) is 0 Å². The summed E-state index contributed by atoms with van der Waals surface area (Å²) in [7, 11) is 0. The van der Waals surface area contributed by atoms with E-state index in [-0.39, 0.29) is 29.4 Å². The summed E-state index contributed by atoms with van der Waals surface area (Å²) >= 11 is 0. The van der Waals surface area contributed by atoms with Gasteiger partial charge in [-0.15, -0.1) is 0 Å². The highest BCUT2D eigenvalue weighted by Gasteiger charge is 2.49. The van der Waals surface area contributed by atoms with Crippen LogP contribution >= 0.6 is 0 Å². The molecule has 4 aliphatic rings. The van der Waals surface area contributed by atoms with Crippen LogP contribution in [0.3, 0.4) is 0 Å². The predicted molar refractivity (Wildman–Crippen MR) is 158 cm³/mol. The number of rotatable bonds is 6. The number of hydrogen-bond acceptors (Lipinski definition) is 8. The second-order valence-electron chi connectivity index (χ2n) is 12.5. The van der Waals surface area contributed by atoms with Crippen molar-refractivity contribution in [2.45, 2.75) is 69.2 Å².